The lowest BCUT2D eigenvalue weighted by Crippen LogP contribution is -2.39. The third kappa shape index (κ3) is 3.37. The molecule has 0 spiro atoms. The van der Waals surface area contributed by atoms with Crippen LogP contribution in [-0.4, -0.2) is 20.1 Å². The first-order valence-electron chi connectivity index (χ1n) is 6.25. The highest BCUT2D eigenvalue weighted by Crippen LogP contribution is 2.39. The molecule has 0 heterocycles. The Morgan fingerprint density at radius 3 is 2.58 bits per heavy atom. The van der Waals surface area contributed by atoms with E-state index in [0.29, 0.717) is 16.6 Å². The predicted molar refractivity (Wildman–Crippen MR) is 77.2 cm³/mol. The first kappa shape index (κ1) is 15.0. The lowest BCUT2D eigenvalue weighted by Gasteiger charge is -2.38. The fourth-order valence-electron chi connectivity index (χ4n) is 2.16. The summed E-state index contributed by atoms with van der Waals surface area (Å²) >= 11 is 3.24. The summed E-state index contributed by atoms with van der Waals surface area (Å²) in [6.07, 6.45) is 3.31. The summed E-state index contributed by atoms with van der Waals surface area (Å²) in [4.78, 5) is 0.215. The van der Waals surface area contributed by atoms with Gasteiger partial charge in [-0.25, -0.2) is 13.1 Å². The quantitative estimate of drug-likeness (QED) is 0.859. The summed E-state index contributed by atoms with van der Waals surface area (Å²) in [6.45, 7) is 2.47. The molecule has 0 amide bonds. The van der Waals surface area contributed by atoms with Crippen molar-refractivity contribution >= 4 is 26.0 Å². The molecule has 1 aromatic carbocycles. The molecule has 0 radical (unpaired) electrons. The number of halogens is 1. The van der Waals surface area contributed by atoms with Crippen LogP contribution in [0.2, 0.25) is 0 Å². The molecule has 1 saturated carbocycles. The van der Waals surface area contributed by atoms with E-state index >= 15 is 0 Å². The largest absolute Gasteiger partial charge is 0.392 e. The van der Waals surface area contributed by atoms with E-state index in [2.05, 4.69) is 27.6 Å². The molecule has 6 heteroatoms. The average molecular weight is 348 g/mol. The van der Waals surface area contributed by atoms with Gasteiger partial charge in [0.2, 0.25) is 10.0 Å². The molecule has 106 valence electrons. The highest BCUT2D eigenvalue weighted by atomic mass is 79.9. The number of rotatable bonds is 5. The molecular formula is C13H18BrNO3S. The number of aliphatic hydroxyl groups excluding tert-OH is 1. The van der Waals surface area contributed by atoms with E-state index in [0.717, 1.165) is 12.8 Å². The number of nitrogens with one attached hydrogen (secondary N) is 1. The molecule has 0 aromatic heterocycles. The van der Waals surface area contributed by atoms with Crippen molar-refractivity contribution in [2.75, 3.05) is 6.54 Å². The molecule has 1 aliphatic carbocycles. The van der Waals surface area contributed by atoms with Crippen LogP contribution in [0, 0.1) is 5.41 Å². The smallest absolute Gasteiger partial charge is 0.241 e. The average Bonchev–Trinajstić information content (AvgIpc) is 2.33. The molecule has 0 atom stereocenters. The van der Waals surface area contributed by atoms with Gasteiger partial charge in [-0.3, -0.25) is 0 Å². The number of hydrogen-bond acceptors (Lipinski definition) is 3. The van der Waals surface area contributed by atoms with Gasteiger partial charge in [-0.05, 0) is 51.9 Å². The second kappa shape index (κ2) is 5.52. The van der Waals surface area contributed by atoms with E-state index < -0.39 is 10.0 Å². The molecule has 19 heavy (non-hydrogen) atoms. The van der Waals surface area contributed by atoms with Gasteiger partial charge in [-0.15, -0.1) is 0 Å². The van der Waals surface area contributed by atoms with E-state index in [-0.39, 0.29) is 16.9 Å². The van der Waals surface area contributed by atoms with Crippen LogP contribution in [0.1, 0.15) is 31.7 Å². The lowest BCUT2D eigenvalue weighted by atomic mass is 9.71. The normalized spacial score (nSPS) is 18.1. The van der Waals surface area contributed by atoms with E-state index in [9.17, 15) is 8.42 Å². The molecule has 1 aliphatic rings. The minimum absolute atomic E-state index is 0.102. The Balaban J connectivity index is 2.15. The Morgan fingerprint density at radius 2 is 2.11 bits per heavy atom. The van der Waals surface area contributed by atoms with Crippen LogP contribution < -0.4 is 4.72 Å². The van der Waals surface area contributed by atoms with Gasteiger partial charge in [0.1, 0.15) is 0 Å². The van der Waals surface area contributed by atoms with Crippen LogP contribution in [0.3, 0.4) is 0 Å². The zero-order valence-electron chi connectivity index (χ0n) is 10.8. The van der Waals surface area contributed by atoms with Crippen molar-refractivity contribution in [2.24, 2.45) is 5.41 Å². The molecule has 0 bridgehead atoms. The van der Waals surface area contributed by atoms with E-state index in [1.165, 1.54) is 12.5 Å². The van der Waals surface area contributed by atoms with Gasteiger partial charge in [-0.2, -0.15) is 0 Å². The Bertz CT molecular complexity index is 567. The topological polar surface area (TPSA) is 66.4 Å². The first-order chi connectivity index (χ1) is 8.86. The van der Waals surface area contributed by atoms with Crippen LogP contribution in [0.5, 0.6) is 0 Å². The van der Waals surface area contributed by atoms with Gasteiger partial charge in [0, 0.05) is 11.0 Å². The number of benzene rings is 1. The molecule has 0 unspecified atom stereocenters. The second-order valence-electron chi connectivity index (χ2n) is 5.41. The monoisotopic (exact) mass is 347 g/mol. The lowest BCUT2D eigenvalue weighted by molar-refractivity contribution is 0.166. The van der Waals surface area contributed by atoms with Gasteiger partial charge in [0.05, 0.1) is 11.5 Å². The zero-order chi connectivity index (χ0) is 14.1. The van der Waals surface area contributed by atoms with Crippen LogP contribution >= 0.6 is 15.9 Å². The fraction of sp³-hybridized carbons (Fsp3) is 0.538. The maximum Gasteiger partial charge on any atom is 0.241 e. The van der Waals surface area contributed by atoms with Crippen molar-refractivity contribution in [3.63, 3.8) is 0 Å². The first-order valence-corrected chi connectivity index (χ1v) is 8.53. The van der Waals surface area contributed by atoms with E-state index in [1.54, 1.807) is 12.1 Å². The number of hydrogen-bond donors (Lipinski definition) is 2. The predicted octanol–water partition coefficient (Wildman–Crippen LogP) is 2.41. The van der Waals surface area contributed by atoms with Crippen LogP contribution in [0.15, 0.2) is 27.6 Å². The second-order valence-corrected chi connectivity index (χ2v) is 8.00. The van der Waals surface area contributed by atoms with Crippen molar-refractivity contribution < 1.29 is 13.5 Å². The summed E-state index contributed by atoms with van der Waals surface area (Å²) in [5, 5.41) is 9.02. The minimum atomic E-state index is -3.50. The Hall–Kier alpha value is -0.430. The van der Waals surface area contributed by atoms with E-state index in [1.807, 2.05) is 0 Å². The van der Waals surface area contributed by atoms with Crippen LogP contribution in [0.25, 0.3) is 0 Å². The summed E-state index contributed by atoms with van der Waals surface area (Å²) in [7, 11) is -3.50. The number of sulfonamides is 1. The van der Waals surface area contributed by atoms with Gasteiger partial charge >= 0.3 is 0 Å². The Labute approximate surface area is 122 Å². The zero-order valence-corrected chi connectivity index (χ0v) is 13.2. The molecule has 2 N–H and O–H groups in total. The maximum atomic E-state index is 12.2. The fourth-order valence-corrected chi connectivity index (χ4v) is 4.49. The van der Waals surface area contributed by atoms with Crippen LogP contribution in [0.4, 0.5) is 0 Å². The van der Waals surface area contributed by atoms with Crippen molar-refractivity contribution in [3.05, 3.63) is 28.2 Å². The molecule has 2 rings (SSSR count). The van der Waals surface area contributed by atoms with Gasteiger partial charge in [0.25, 0.3) is 0 Å². The molecule has 4 nitrogen and oxygen atoms in total. The van der Waals surface area contributed by atoms with E-state index in [4.69, 9.17) is 5.11 Å². The summed E-state index contributed by atoms with van der Waals surface area (Å²) in [5.41, 5.74) is 0.779. The molecule has 1 fully saturated rings. The molecule has 1 aromatic rings. The highest BCUT2D eigenvalue weighted by molar-refractivity contribution is 9.10. The number of aliphatic hydroxyl groups is 1. The summed E-state index contributed by atoms with van der Waals surface area (Å²) in [6, 6.07) is 4.76. The molecule has 0 saturated heterocycles. The van der Waals surface area contributed by atoms with Gasteiger partial charge < -0.3 is 5.11 Å². The maximum absolute atomic E-state index is 12.2. The Kier molecular flexibility index (Phi) is 4.35. The Morgan fingerprint density at radius 1 is 1.42 bits per heavy atom. The van der Waals surface area contributed by atoms with Crippen molar-refractivity contribution in [1.29, 1.82) is 0 Å². The van der Waals surface area contributed by atoms with Crippen molar-refractivity contribution in [1.82, 2.24) is 4.72 Å². The van der Waals surface area contributed by atoms with Crippen LogP contribution in [-0.2, 0) is 16.6 Å². The summed E-state index contributed by atoms with van der Waals surface area (Å²) < 4.78 is 27.6. The minimum Gasteiger partial charge on any atom is -0.392 e. The van der Waals surface area contributed by atoms with Crippen molar-refractivity contribution in [2.45, 2.75) is 37.7 Å². The third-order valence-electron chi connectivity index (χ3n) is 3.72. The third-order valence-corrected chi connectivity index (χ3v) is 6.10. The molecular weight excluding hydrogens is 330 g/mol. The highest BCUT2D eigenvalue weighted by Gasteiger charge is 2.33. The van der Waals surface area contributed by atoms with Gasteiger partial charge in [0.15, 0.2) is 0 Å². The standard InChI is InChI=1S/C13H18BrNO3S/c1-13(5-2-6-13)9-15-19(17,18)12-4-3-10(8-16)7-11(12)14/h3-4,7,15-16H,2,5-6,8-9H2,1H3. The summed E-state index contributed by atoms with van der Waals surface area (Å²) in [5.74, 6) is 0. The van der Waals surface area contributed by atoms with Gasteiger partial charge in [-0.1, -0.05) is 19.4 Å². The SMILES string of the molecule is CC1(CNS(=O)(=O)c2ccc(CO)cc2Br)CCC1. The molecule has 0 aliphatic heterocycles. The van der Waals surface area contributed by atoms with Crippen molar-refractivity contribution in [3.8, 4) is 0 Å².